The standard InChI is InChI=1S/C14H13Cl/c1-2-11-8-9-13(14(15)10-11)12-6-4-3-5-7-12/h3-10H,2H2,1H3. The fraction of sp³-hybridized carbons (Fsp3) is 0.143. The van der Waals surface area contributed by atoms with Crippen LogP contribution in [0.4, 0.5) is 0 Å². The molecule has 0 saturated heterocycles. The van der Waals surface area contributed by atoms with Crippen LogP contribution >= 0.6 is 11.6 Å². The van der Waals surface area contributed by atoms with E-state index in [9.17, 15) is 0 Å². The molecule has 0 nitrogen and oxygen atoms in total. The smallest absolute Gasteiger partial charge is 0.0487 e. The number of hydrogen-bond acceptors (Lipinski definition) is 0. The quantitative estimate of drug-likeness (QED) is 0.690. The van der Waals surface area contributed by atoms with E-state index >= 15 is 0 Å². The highest BCUT2D eigenvalue weighted by Crippen LogP contribution is 2.28. The first kappa shape index (κ1) is 10.3. The predicted molar refractivity (Wildman–Crippen MR) is 66.3 cm³/mol. The van der Waals surface area contributed by atoms with Crippen LogP contribution in [0.1, 0.15) is 12.5 Å². The normalized spacial score (nSPS) is 10.3. The molecule has 0 unspecified atom stereocenters. The minimum absolute atomic E-state index is 0.834. The summed E-state index contributed by atoms with van der Waals surface area (Å²) in [6, 6.07) is 16.5. The molecule has 0 aliphatic carbocycles. The van der Waals surface area contributed by atoms with Gasteiger partial charge < -0.3 is 0 Å². The van der Waals surface area contributed by atoms with Crippen LogP contribution in [0.25, 0.3) is 11.1 Å². The summed E-state index contributed by atoms with van der Waals surface area (Å²) in [6.45, 7) is 2.13. The number of hydrogen-bond donors (Lipinski definition) is 0. The second kappa shape index (κ2) is 4.50. The Morgan fingerprint density at radius 1 is 1.00 bits per heavy atom. The first-order valence-corrected chi connectivity index (χ1v) is 5.53. The summed E-state index contributed by atoms with van der Waals surface area (Å²) in [5, 5.41) is 0.834. The van der Waals surface area contributed by atoms with Gasteiger partial charge in [-0.2, -0.15) is 0 Å². The third-order valence-corrected chi connectivity index (χ3v) is 2.84. The van der Waals surface area contributed by atoms with Crippen LogP contribution in [-0.4, -0.2) is 0 Å². The Balaban J connectivity index is 2.46. The van der Waals surface area contributed by atoms with Crippen LogP contribution in [0.5, 0.6) is 0 Å². The lowest BCUT2D eigenvalue weighted by Crippen LogP contribution is -1.83. The van der Waals surface area contributed by atoms with Crippen LogP contribution in [0.2, 0.25) is 5.02 Å². The van der Waals surface area contributed by atoms with E-state index in [2.05, 4.69) is 31.2 Å². The third-order valence-electron chi connectivity index (χ3n) is 2.53. The summed E-state index contributed by atoms with van der Waals surface area (Å²) >= 11 is 6.24. The van der Waals surface area contributed by atoms with Crippen LogP contribution in [0.15, 0.2) is 48.5 Å². The highest BCUT2D eigenvalue weighted by molar-refractivity contribution is 6.33. The van der Waals surface area contributed by atoms with E-state index in [4.69, 9.17) is 11.6 Å². The van der Waals surface area contributed by atoms with E-state index < -0.39 is 0 Å². The zero-order valence-electron chi connectivity index (χ0n) is 8.70. The molecule has 0 bridgehead atoms. The van der Waals surface area contributed by atoms with E-state index in [0.717, 1.165) is 17.0 Å². The number of rotatable bonds is 2. The van der Waals surface area contributed by atoms with Gasteiger partial charge in [-0.25, -0.2) is 0 Å². The molecule has 0 atom stereocenters. The summed E-state index contributed by atoms with van der Waals surface area (Å²) < 4.78 is 0. The summed E-state index contributed by atoms with van der Waals surface area (Å²) in [6.07, 6.45) is 1.02. The lowest BCUT2D eigenvalue weighted by Gasteiger charge is -2.06. The lowest BCUT2D eigenvalue weighted by atomic mass is 10.0. The van der Waals surface area contributed by atoms with Crippen LogP contribution in [0.3, 0.4) is 0 Å². The first-order valence-electron chi connectivity index (χ1n) is 5.15. The molecular formula is C14H13Cl. The zero-order valence-corrected chi connectivity index (χ0v) is 9.46. The van der Waals surface area contributed by atoms with Crippen molar-refractivity contribution in [3.63, 3.8) is 0 Å². The fourth-order valence-electron chi connectivity index (χ4n) is 1.63. The molecule has 0 aromatic heterocycles. The van der Waals surface area contributed by atoms with Crippen molar-refractivity contribution >= 4 is 11.6 Å². The number of aryl methyl sites for hydroxylation is 1. The van der Waals surface area contributed by atoms with Gasteiger partial charge in [-0.3, -0.25) is 0 Å². The Kier molecular flexibility index (Phi) is 3.08. The van der Waals surface area contributed by atoms with Gasteiger partial charge in [-0.05, 0) is 23.6 Å². The molecule has 0 aliphatic heterocycles. The van der Waals surface area contributed by atoms with Crippen LogP contribution in [-0.2, 0) is 6.42 Å². The molecule has 0 saturated carbocycles. The Hall–Kier alpha value is -1.27. The average Bonchev–Trinajstić information content (AvgIpc) is 2.30. The maximum absolute atomic E-state index is 6.24. The van der Waals surface area contributed by atoms with Crippen molar-refractivity contribution in [3.8, 4) is 11.1 Å². The molecule has 0 N–H and O–H groups in total. The predicted octanol–water partition coefficient (Wildman–Crippen LogP) is 4.57. The number of benzene rings is 2. The van der Waals surface area contributed by atoms with E-state index in [0.29, 0.717) is 0 Å². The zero-order chi connectivity index (χ0) is 10.7. The molecule has 2 rings (SSSR count). The monoisotopic (exact) mass is 216 g/mol. The molecule has 0 heterocycles. The average molecular weight is 217 g/mol. The van der Waals surface area contributed by atoms with Crippen molar-refractivity contribution < 1.29 is 0 Å². The first-order chi connectivity index (χ1) is 7.31. The van der Waals surface area contributed by atoms with Crippen molar-refractivity contribution in [2.75, 3.05) is 0 Å². The van der Waals surface area contributed by atoms with Crippen LogP contribution < -0.4 is 0 Å². The maximum Gasteiger partial charge on any atom is 0.0487 e. The van der Waals surface area contributed by atoms with E-state index in [-0.39, 0.29) is 0 Å². The van der Waals surface area contributed by atoms with Gasteiger partial charge in [0, 0.05) is 10.6 Å². The third kappa shape index (κ3) is 2.21. The van der Waals surface area contributed by atoms with Gasteiger partial charge in [0.1, 0.15) is 0 Å². The van der Waals surface area contributed by atoms with Crippen molar-refractivity contribution in [2.24, 2.45) is 0 Å². The van der Waals surface area contributed by atoms with E-state index in [1.54, 1.807) is 0 Å². The van der Waals surface area contributed by atoms with E-state index in [1.807, 2.05) is 24.3 Å². The highest BCUT2D eigenvalue weighted by Gasteiger charge is 2.02. The molecule has 0 aliphatic rings. The SMILES string of the molecule is CCc1ccc(-c2ccccc2)c(Cl)c1. The molecule has 0 fully saturated rings. The molecule has 0 radical (unpaired) electrons. The fourth-order valence-corrected chi connectivity index (χ4v) is 1.94. The van der Waals surface area contributed by atoms with Gasteiger partial charge in [0.2, 0.25) is 0 Å². The van der Waals surface area contributed by atoms with Crippen molar-refractivity contribution in [2.45, 2.75) is 13.3 Å². The summed E-state index contributed by atoms with van der Waals surface area (Å²) in [5.74, 6) is 0. The lowest BCUT2D eigenvalue weighted by molar-refractivity contribution is 1.14. The Morgan fingerprint density at radius 2 is 1.73 bits per heavy atom. The minimum Gasteiger partial charge on any atom is -0.0837 e. The molecule has 76 valence electrons. The second-order valence-electron chi connectivity index (χ2n) is 3.53. The van der Waals surface area contributed by atoms with Gasteiger partial charge in [0.15, 0.2) is 0 Å². The molecule has 2 aromatic rings. The minimum atomic E-state index is 0.834. The van der Waals surface area contributed by atoms with Crippen LogP contribution in [0, 0.1) is 0 Å². The molecule has 15 heavy (non-hydrogen) atoms. The van der Waals surface area contributed by atoms with Crippen molar-refractivity contribution in [3.05, 3.63) is 59.1 Å². The number of halogens is 1. The van der Waals surface area contributed by atoms with Gasteiger partial charge in [0.05, 0.1) is 0 Å². The van der Waals surface area contributed by atoms with Gasteiger partial charge in [-0.1, -0.05) is 61.0 Å². The summed E-state index contributed by atoms with van der Waals surface area (Å²) in [7, 11) is 0. The van der Waals surface area contributed by atoms with E-state index in [1.165, 1.54) is 11.1 Å². The summed E-state index contributed by atoms with van der Waals surface area (Å²) in [5.41, 5.74) is 3.55. The molecule has 1 heteroatoms. The maximum atomic E-state index is 6.24. The molecule has 0 spiro atoms. The van der Waals surface area contributed by atoms with Gasteiger partial charge in [0.25, 0.3) is 0 Å². The Bertz CT molecular complexity index is 446. The van der Waals surface area contributed by atoms with Crippen molar-refractivity contribution in [1.82, 2.24) is 0 Å². The molecular weight excluding hydrogens is 204 g/mol. The largest absolute Gasteiger partial charge is 0.0837 e. The Morgan fingerprint density at radius 3 is 2.33 bits per heavy atom. The van der Waals surface area contributed by atoms with Gasteiger partial charge >= 0.3 is 0 Å². The Labute approximate surface area is 95.5 Å². The second-order valence-corrected chi connectivity index (χ2v) is 3.94. The molecule has 0 amide bonds. The topological polar surface area (TPSA) is 0 Å². The van der Waals surface area contributed by atoms with Crippen molar-refractivity contribution in [1.29, 1.82) is 0 Å². The van der Waals surface area contributed by atoms with Gasteiger partial charge in [-0.15, -0.1) is 0 Å². The molecule has 2 aromatic carbocycles. The summed E-state index contributed by atoms with van der Waals surface area (Å²) in [4.78, 5) is 0. The highest BCUT2D eigenvalue weighted by atomic mass is 35.5.